The summed E-state index contributed by atoms with van der Waals surface area (Å²) in [6.45, 7) is 1.85. The van der Waals surface area contributed by atoms with Crippen LogP contribution in [0.3, 0.4) is 0 Å². The molecule has 0 bridgehead atoms. The van der Waals surface area contributed by atoms with Gasteiger partial charge in [0, 0.05) is 51.0 Å². The van der Waals surface area contributed by atoms with Gasteiger partial charge in [-0.1, -0.05) is 24.3 Å². The third kappa shape index (κ3) is 4.39. The zero-order valence-corrected chi connectivity index (χ0v) is 20.2. The lowest BCUT2D eigenvalue weighted by Gasteiger charge is -2.37. The minimum Gasteiger partial charge on any atom is -0.496 e. The summed E-state index contributed by atoms with van der Waals surface area (Å²) in [6, 6.07) is 17.2. The normalized spacial score (nSPS) is 19.8. The van der Waals surface area contributed by atoms with Crippen molar-refractivity contribution in [2.45, 2.75) is 31.6 Å². The van der Waals surface area contributed by atoms with Crippen molar-refractivity contribution < 1.29 is 18.7 Å². The maximum absolute atomic E-state index is 13.7. The van der Waals surface area contributed by atoms with E-state index in [9.17, 15) is 14.0 Å². The largest absolute Gasteiger partial charge is 0.496 e. The number of amides is 1. The Kier molecular flexibility index (Phi) is 6.26. The molecule has 2 aliphatic rings. The average molecular weight is 489 g/mol. The van der Waals surface area contributed by atoms with Crippen LogP contribution in [-0.4, -0.2) is 18.8 Å². The lowest BCUT2D eigenvalue weighted by atomic mass is 9.72. The van der Waals surface area contributed by atoms with Gasteiger partial charge in [-0.05, 0) is 55.1 Å². The molecule has 2 N–H and O–H groups in total. The monoisotopic (exact) mass is 488 g/mol. The standard InChI is InChI=1S/C28H25FN2O3S/c1-16-25(28(33)31-19-11-9-18(29)10-12-19)26(20-6-3-4-7-23(20)34-2)27-21(30-16)14-17(15-22(27)32)24-8-5-13-35-24/h3-13,17,26,30H,14-15H2,1-2H3,(H,31,33)/t17-,26+/m0/s1. The van der Waals surface area contributed by atoms with Crippen LogP contribution in [0.15, 0.2) is 88.6 Å². The summed E-state index contributed by atoms with van der Waals surface area (Å²) in [6.07, 6.45) is 1.08. The number of ether oxygens (including phenoxy) is 1. The van der Waals surface area contributed by atoms with E-state index in [0.717, 1.165) is 11.3 Å². The van der Waals surface area contributed by atoms with Crippen molar-refractivity contribution in [2.75, 3.05) is 12.4 Å². The predicted molar refractivity (Wildman–Crippen MR) is 135 cm³/mol. The molecule has 0 radical (unpaired) electrons. The van der Waals surface area contributed by atoms with Gasteiger partial charge in [-0.2, -0.15) is 0 Å². The van der Waals surface area contributed by atoms with Gasteiger partial charge >= 0.3 is 0 Å². The number of rotatable bonds is 5. The minimum atomic E-state index is -0.584. The lowest BCUT2D eigenvalue weighted by Crippen LogP contribution is -2.37. The number of anilines is 1. The Bertz CT molecular complexity index is 1340. The van der Waals surface area contributed by atoms with Gasteiger partial charge in [0.25, 0.3) is 5.91 Å². The van der Waals surface area contributed by atoms with Crippen molar-refractivity contribution in [1.29, 1.82) is 0 Å². The van der Waals surface area contributed by atoms with E-state index < -0.39 is 5.92 Å². The van der Waals surface area contributed by atoms with Crippen LogP contribution >= 0.6 is 11.3 Å². The number of halogens is 1. The van der Waals surface area contributed by atoms with E-state index in [1.54, 1.807) is 18.4 Å². The fraction of sp³-hybridized carbons (Fsp3) is 0.214. The highest BCUT2D eigenvalue weighted by atomic mass is 32.1. The molecule has 0 unspecified atom stereocenters. The van der Waals surface area contributed by atoms with Gasteiger partial charge < -0.3 is 15.4 Å². The first kappa shape index (κ1) is 23.1. The molecule has 3 aromatic rings. The SMILES string of the molecule is COc1ccccc1[C@@H]1C(C(=O)Nc2ccc(F)cc2)=C(C)NC2=C1C(=O)C[C@@H](c1cccs1)C2. The van der Waals surface area contributed by atoms with Gasteiger partial charge in [-0.15, -0.1) is 11.3 Å². The summed E-state index contributed by atoms with van der Waals surface area (Å²) in [4.78, 5) is 28.4. The number of carbonyl (C=O) groups is 2. The van der Waals surface area contributed by atoms with Gasteiger partial charge in [-0.3, -0.25) is 9.59 Å². The average Bonchev–Trinajstić information content (AvgIpc) is 3.39. The van der Waals surface area contributed by atoms with Crippen molar-refractivity contribution in [3.63, 3.8) is 0 Å². The number of ketones is 1. The first-order chi connectivity index (χ1) is 17.0. The number of hydrogen-bond acceptors (Lipinski definition) is 5. The van der Waals surface area contributed by atoms with Crippen molar-refractivity contribution in [2.24, 2.45) is 0 Å². The Hall–Kier alpha value is -3.71. The molecule has 0 saturated heterocycles. The zero-order chi connectivity index (χ0) is 24.5. The highest BCUT2D eigenvalue weighted by molar-refractivity contribution is 7.10. The van der Waals surface area contributed by atoms with Crippen LogP contribution in [0.5, 0.6) is 5.75 Å². The molecule has 178 valence electrons. The summed E-state index contributed by atoms with van der Waals surface area (Å²) < 4.78 is 19.0. The van der Waals surface area contributed by atoms with Crippen LogP contribution in [0.4, 0.5) is 10.1 Å². The minimum absolute atomic E-state index is 0.0210. The van der Waals surface area contributed by atoms with E-state index in [2.05, 4.69) is 16.7 Å². The van der Waals surface area contributed by atoms with E-state index in [1.807, 2.05) is 42.6 Å². The summed E-state index contributed by atoms with van der Waals surface area (Å²) in [5.74, 6) is -0.578. The molecule has 1 aromatic heterocycles. The molecule has 5 nitrogen and oxygen atoms in total. The smallest absolute Gasteiger partial charge is 0.254 e. The molecule has 0 saturated carbocycles. The first-order valence-corrected chi connectivity index (χ1v) is 12.3. The fourth-order valence-electron chi connectivity index (χ4n) is 5.01. The molecule has 0 fully saturated rings. The van der Waals surface area contributed by atoms with Crippen molar-refractivity contribution >= 4 is 28.7 Å². The van der Waals surface area contributed by atoms with Crippen LogP contribution in [-0.2, 0) is 9.59 Å². The van der Waals surface area contributed by atoms with Crippen LogP contribution < -0.4 is 15.4 Å². The fourth-order valence-corrected chi connectivity index (χ4v) is 5.84. The van der Waals surface area contributed by atoms with Gasteiger partial charge in [0.2, 0.25) is 0 Å². The van der Waals surface area contributed by atoms with Crippen molar-refractivity contribution in [3.05, 3.63) is 105 Å². The number of dihydropyridines is 1. The number of benzene rings is 2. The molecule has 1 aliphatic heterocycles. The first-order valence-electron chi connectivity index (χ1n) is 11.4. The third-order valence-electron chi connectivity index (χ3n) is 6.57. The highest BCUT2D eigenvalue weighted by Gasteiger charge is 2.42. The topological polar surface area (TPSA) is 67.4 Å². The Morgan fingerprint density at radius 3 is 2.57 bits per heavy atom. The second kappa shape index (κ2) is 9.50. The number of thiophene rings is 1. The quantitative estimate of drug-likeness (QED) is 0.470. The molecule has 5 rings (SSSR count). The number of para-hydroxylation sites is 1. The van der Waals surface area contributed by atoms with Gasteiger partial charge in [0.1, 0.15) is 11.6 Å². The summed E-state index contributed by atoms with van der Waals surface area (Å²) >= 11 is 1.66. The molecule has 1 aliphatic carbocycles. The van der Waals surface area contributed by atoms with E-state index >= 15 is 0 Å². The third-order valence-corrected chi connectivity index (χ3v) is 7.60. The molecular formula is C28H25FN2O3S. The second-order valence-corrected chi connectivity index (χ2v) is 9.71. The number of nitrogens with one attached hydrogen (secondary N) is 2. The number of methoxy groups -OCH3 is 1. The summed E-state index contributed by atoms with van der Waals surface area (Å²) in [5, 5.41) is 8.28. The van der Waals surface area contributed by atoms with E-state index in [0.29, 0.717) is 41.1 Å². The maximum Gasteiger partial charge on any atom is 0.254 e. The molecule has 7 heteroatoms. The van der Waals surface area contributed by atoms with Crippen LogP contribution in [0, 0.1) is 5.82 Å². The van der Waals surface area contributed by atoms with Gasteiger partial charge in [-0.25, -0.2) is 4.39 Å². The Labute approximate surface area is 207 Å². The van der Waals surface area contributed by atoms with Crippen molar-refractivity contribution in [3.8, 4) is 5.75 Å². The summed E-state index contributed by atoms with van der Waals surface area (Å²) in [7, 11) is 1.58. The van der Waals surface area contributed by atoms with Crippen LogP contribution in [0.25, 0.3) is 0 Å². The predicted octanol–water partition coefficient (Wildman–Crippen LogP) is 5.90. The zero-order valence-electron chi connectivity index (χ0n) is 19.4. The number of allylic oxidation sites excluding steroid dienone is 3. The van der Waals surface area contributed by atoms with Gasteiger partial charge in [0.15, 0.2) is 5.78 Å². The molecule has 2 aromatic carbocycles. The molecule has 2 heterocycles. The summed E-state index contributed by atoms with van der Waals surface area (Å²) in [5.41, 5.74) is 3.82. The molecule has 35 heavy (non-hydrogen) atoms. The Balaban J connectivity index is 1.59. The Morgan fingerprint density at radius 1 is 1.09 bits per heavy atom. The van der Waals surface area contributed by atoms with Crippen molar-refractivity contribution in [1.82, 2.24) is 5.32 Å². The maximum atomic E-state index is 13.7. The second-order valence-electron chi connectivity index (χ2n) is 8.74. The van der Waals surface area contributed by atoms with E-state index in [4.69, 9.17) is 4.74 Å². The number of hydrogen-bond donors (Lipinski definition) is 2. The van der Waals surface area contributed by atoms with E-state index in [1.165, 1.54) is 29.1 Å². The number of Topliss-reactive ketones (excluding diaryl/α,β-unsaturated/α-hetero) is 1. The van der Waals surface area contributed by atoms with Crippen LogP contribution in [0.2, 0.25) is 0 Å². The highest BCUT2D eigenvalue weighted by Crippen LogP contribution is 2.48. The molecular weight excluding hydrogens is 463 g/mol. The molecule has 0 spiro atoms. The van der Waals surface area contributed by atoms with Crippen LogP contribution in [0.1, 0.15) is 42.0 Å². The molecule has 2 atom stereocenters. The molecule has 1 amide bonds. The lowest BCUT2D eigenvalue weighted by molar-refractivity contribution is -0.116. The number of carbonyl (C=O) groups excluding carboxylic acids is 2. The van der Waals surface area contributed by atoms with Gasteiger partial charge in [0.05, 0.1) is 13.0 Å². The van der Waals surface area contributed by atoms with E-state index in [-0.39, 0.29) is 23.4 Å². The Morgan fingerprint density at radius 2 is 1.86 bits per heavy atom.